The Kier molecular flexibility index (Phi) is 4.38. The van der Waals surface area contributed by atoms with Crippen LogP contribution in [0, 0.1) is 0 Å². The molecule has 0 saturated heterocycles. The van der Waals surface area contributed by atoms with E-state index in [2.05, 4.69) is 4.98 Å². The summed E-state index contributed by atoms with van der Waals surface area (Å²) >= 11 is 0. The average molecular weight is 305 g/mol. The van der Waals surface area contributed by atoms with E-state index >= 15 is 0 Å². The molecular weight excluding hydrogens is 286 g/mol. The molecule has 116 valence electrons. The molecule has 0 N–H and O–H groups in total. The zero-order valence-corrected chi connectivity index (χ0v) is 13.3. The van der Waals surface area contributed by atoms with Crippen LogP contribution >= 0.6 is 0 Å². The van der Waals surface area contributed by atoms with E-state index in [1.165, 1.54) is 0 Å². The minimum absolute atomic E-state index is 0.0963. The Labute approximate surface area is 135 Å². The number of para-hydroxylation sites is 1. The molecular formula is C20H19NO2. The second-order valence-electron chi connectivity index (χ2n) is 5.52. The van der Waals surface area contributed by atoms with Crippen molar-refractivity contribution in [3.8, 4) is 5.75 Å². The number of hydrogen-bond acceptors (Lipinski definition) is 3. The maximum Gasteiger partial charge on any atom is 0.171 e. The molecule has 0 saturated carbocycles. The Morgan fingerprint density at radius 1 is 1.13 bits per heavy atom. The van der Waals surface area contributed by atoms with Gasteiger partial charge in [0.15, 0.2) is 5.78 Å². The SMILES string of the molecule is CCC(C(=O)c1cnc2ccccc2c1)c1cccc(OC)c1. The Hall–Kier alpha value is -2.68. The lowest BCUT2D eigenvalue weighted by atomic mass is 9.88. The third kappa shape index (κ3) is 3.09. The van der Waals surface area contributed by atoms with Crippen molar-refractivity contribution < 1.29 is 9.53 Å². The Morgan fingerprint density at radius 3 is 2.74 bits per heavy atom. The van der Waals surface area contributed by atoms with Crippen molar-refractivity contribution in [2.24, 2.45) is 0 Å². The molecule has 0 amide bonds. The first kappa shape index (κ1) is 15.2. The number of ether oxygens (including phenoxy) is 1. The minimum Gasteiger partial charge on any atom is -0.497 e. The van der Waals surface area contributed by atoms with Crippen molar-refractivity contribution in [1.29, 1.82) is 0 Å². The predicted molar refractivity (Wildman–Crippen MR) is 92.1 cm³/mol. The summed E-state index contributed by atoms with van der Waals surface area (Å²) < 4.78 is 5.27. The van der Waals surface area contributed by atoms with Gasteiger partial charge in [-0.2, -0.15) is 0 Å². The summed E-state index contributed by atoms with van der Waals surface area (Å²) in [5, 5.41) is 0.985. The molecule has 23 heavy (non-hydrogen) atoms. The van der Waals surface area contributed by atoms with Gasteiger partial charge in [0, 0.05) is 23.1 Å². The van der Waals surface area contributed by atoms with Crippen molar-refractivity contribution in [3.05, 3.63) is 71.9 Å². The largest absolute Gasteiger partial charge is 0.497 e. The Bertz CT molecular complexity index is 842. The van der Waals surface area contributed by atoms with E-state index in [0.717, 1.165) is 28.6 Å². The molecule has 0 aliphatic rings. The molecule has 3 aromatic rings. The number of methoxy groups -OCH3 is 1. The molecule has 0 aliphatic heterocycles. The van der Waals surface area contributed by atoms with Gasteiger partial charge >= 0.3 is 0 Å². The van der Waals surface area contributed by atoms with Crippen LogP contribution in [0.2, 0.25) is 0 Å². The molecule has 1 heterocycles. The Balaban J connectivity index is 1.97. The van der Waals surface area contributed by atoms with Crippen molar-refractivity contribution in [2.45, 2.75) is 19.3 Å². The van der Waals surface area contributed by atoms with Gasteiger partial charge in [-0.3, -0.25) is 9.78 Å². The summed E-state index contributed by atoms with van der Waals surface area (Å²) in [6.45, 7) is 2.02. The molecule has 0 spiro atoms. The van der Waals surface area contributed by atoms with E-state index in [1.807, 2.05) is 61.5 Å². The van der Waals surface area contributed by atoms with Crippen LogP contribution in [-0.2, 0) is 0 Å². The van der Waals surface area contributed by atoms with E-state index in [9.17, 15) is 4.79 Å². The average Bonchev–Trinajstić information content (AvgIpc) is 2.62. The summed E-state index contributed by atoms with van der Waals surface area (Å²) in [5.74, 6) is 0.678. The molecule has 0 radical (unpaired) electrons. The van der Waals surface area contributed by atoms with Crippen molar-refractivity contribution in [2.75, 3.05) is 7.11 Å². The van der Waals surface area contributed by atoms with Crippen LogP contribution in [0.25, 0.3) is 10.9 Å². The zero-order chi connectivity index (χ0) is 16.2. The van der Waals surface area contributed by atoms with Crippen LogP contribution in [0.4, 0.5) is 0 Å². The number of carbonyl (C=O) groups is 1. The van der Waals surface area contributed by atoms with Gasteiger partial charge in [0.05, 0.1) is 12.6 Å². The fourth-order valence-corrected chi connectivity index (χ4v) is 2.84. The highest BCUT2D eigenvalue weighted by molar-refractivity contribution is 6.02. The zero-order valence-electron chi connectivity index (χ0n) is 13.3. The fraction of sp³-hybridized carbons (Fsp3) is 0.200. The summed E-state index contributed by atoms with van der Waals surface area (Å²) in [6.07, 6.45) is 2.41. The summed E-state index contributed by atoms with van der Waals surface area (Å²) in [5.41, 5.74) is 2.53. The van der Waals surface area contributed by atoms with Gasteiger partial charge in [-0.25, -0.2) is 0 Å². The van der Waals surface area contributed by atoms with Gasteiger partial charge in [0.1, 0.15) is 5.75 Å². The fourth-order valence-electron chi connectivity index (χ4n) is 2.84. The maximum atomic E-state index is 12.9. The standard InChI is InChI=1S/C20H19NO2/c1-3-18(14-8-6-9-17(12-14)23-2)20(22)16-11-15-7-4-5-10-19(15)21-13-16/h4-13,18H,3H2,1-2H3. The number of fused-ring (bicyclic) bond motifs is 1. The molecule has 3 nitrogen and oxygen atoms in total. The van der Waals surface area contributed by atoms with E-state index < -0.39 is 0 Å². The van der Waals surface area contributed by atoms with Gasteiger partial charge in [-0.1, -0.05) is 37.3 Å². The van der Waals surface area contributed by atoms with Crippen LogP contribution in [-0.4, -0.2) is 17.9 Å². The number of ketones is 1. The predicted octanol–water partition coefficient (Wildman–Crippen LogP) is 4.62. The highest BCUT2D eigenvalue weighted by Gasteiger charge is 2.21. The van der Waals surface area contributed by atoms with Gasteiger partial charge < -0.3 is 4.74 Å². The van der Waals surface area contributed by atoms with Crippen LogP contribution in [0.5, 0.6) is 5.75 Å². The lowest BCUT2D eigenvalue weighted by molar-refractivity contribution is 0.0957. The lowest BCUT2D eigenvalue weighted by Crippen LogP contribution is -2.12. The number of rotatable bonds is 5. The van der Waals surface area contributed by atoms with E-state index in [4.69, 9.17) is 4.74 Å². The monoisotopic (exact) mass is 305 g/mol. The summed E-state index contributed by atoms with van der Waals surface area (Å²) in [6, 6.07) is 17.5. The molecule has 0 aliphatic carbocycles. The van der Waals surface area contributed by atoms with Gasteiger partial charge in [-0.05, 0) is 36.2 Å². The first-order chi connectivity index (χ1) is 11.2. The molecule has 1 atom stereocenters. The molecule has 0 fully saturated rings. The van der Waals surface area contributed by atoms with Crippen molar-refractivity contribution >= 4 is 16.7 Å². The molecule has 3 rings (SSSR count). The number of benzene rings is 2. The minimum atomic E-state index is -0.187. The summed E-state index contributed by atoms with van der Waals surface area (Å²) in [7, 11) is 1.63. The number of Topliss-reactive ketones (excluding diaryl/α,β-unsaturated/α-hetero) is 1. The van der Waals surface area contributed by atoms with Crippen LogP contribution in [0.3, 0.4) is 0 Å². The molecule has 2 aromatic carbocycles. The molecule has 0 bridgehead atoms. The number of aromatic nitrogens is 1. The topological polar surface area (TPSA) is 39.2 Å². The smallest absolute Gasteiger partial charge is 0.171 e. The second kappa shape index (κ2) is 6.61. The number of hydrogen-bond donors (Lipinski definition) is 0. The molecule has 1 aromatic heterocycles. The Morgan fingerprint density at radius 2 is 1.96 bits per heavy atom. The van der Waals surface area contributed by atoms with Crippen molar-refractivity contribution in [3.63, 3.8) is 0 Å². The van der Waals surface area contributed by atoms with Gasteiger partial charge in [0.25, 0.3) is 0 Å². The van der Waals surface area contributed by atoms with Crippen molar-refractivity contribution in [1.82, 2.24) is 4.98 Å². The quantitative estimate of drug-likeness (QED) is 0.646. The molecule has 1 unspecified atom stereocenters. The van der Waals surface area contributed by atoms with E-state index in [-0.39, 0.29) is 11.7 Å². The van der Waals surface area contributed by atoms with Crippen LogP contribution < -0.4 is 4.74 Å². The van der Waals surface area contributed by atoms with E-state index in [1.54, 1.807) is 13.3 Å². The van der Waals surface area contributed by atoms with E-state index in [0.29, 0.717) is 5.56 Å². The van der Waals surface area contributed by atoms with Crippen LogP contribution in [0.15, 0.2) is 60.8 Å². The third-order valence-electron chi connectivity index (χ3n) is 4.10. The third-order valence-corrected chi connectivity index (χ3v) is 4.10. The number of carbonyl (C=O) groups excluding carboxylic acids is 1. The lowest BCUT2D eigenvalue weighted by Gasteiger charge is -2.15. The second-order valence-corrected chi connectivity index (χ2v) is 5.52. The maximum absolute atomic E-state index is 12.9. The normalized spacial score (nSPS) is 12.1. The van der Waals surface area contributed by atoms with Gasteiger partial charge in [-0.15, -0.1) is 0 Å². The molecule has 3 heteroatoms. The number of nitrogens with zero attached hydrogens (tertiary/aromatic N) is 1. The van der Waals surface area contributed by atoms with Crippen LogP contribution in [0.1, 0.15) is 35.2 Å². The first-order valence-electron chi connectivity index (χ1n) is 7.76. The highest BCUT2D eigenvalue weighted by Crippen LogP contribution is 2.27. The first-order valence-corrected chi connectivity index (χ1v) is 7.76. The summed E-state index contributed by atoms with van der Waals surface area (Å²) in [4.78, 5) is 17.3. The highest BCUT2D eigenvalue weighted by atomic mass is 16.5. The number of pyridine rings is 1. The van der Waals surface area contributed by atoms with Gasteiger partial charge in [0.2, 0.25) is 0 Å².